The zero-order valence-corrected chi connectivity index (χ0v) is 15.7. The van der Waals surface area contributed by atoms with Gasteiger partial charge in [-0.05, 0) is 50.3 Å². The number of aromatic nitrogens is 1. The SMILES string of the molecule is CN(C)C1CCN(C(=O)c2ccc(-c3ccc(-c4cnco4)s3)cc2)C1. The summed E-state index contributed by atoms with van der Waals surface area (Å²) < 4.78 is 5.35. The minimum absolute atomic E-state index is 0.120. The molecule has 26 heavy (non-hydrogen) atoms. The maximum atomic E-state index is 12.7. The summed E-state index contributed by atoms with van der Waals surface area (Å²) >= 11 is 1.65. The van der Waals surface area contributed by atoms with Gasteiger partial charge < -0.3 is 14.2 Å². The summed E-state index contributed by atoms with van der Waals surface area (Å²) in [5.74, 6) is 0.895. The Hall–Kier alpha value is -2.44. The normalized spacial score (nSPS) is 17.2. The van der Waals surface area contributed by atoms with Gasteiger partial charge in [0.25, 0.3) is 5.91 Å². The smallest absolute Gasteiger partial charge is 0.253 e. The molecule has 134 valence electrons. The van der Waals surface area contributed by atoms with Crippen LogP contribution in [0.1, 0.15) is 16.8 Å². The first-order chi connectivity index (χ1) is 12.6. The Bertz CT molecular complexity index is 884. The third kappa shape index (κ3) is 3.30. The summed E-state index contributed by atoms with van der Waals surface area (Å²) in [6.07, 6.45) is 4.19. The number of hydrogen-bond donors (Lipinski definition) is 0. The van der Waals surface area contributed by atoms with E-state index in [-0.39, 0.29) is 5.91 Å². The van der Waals surface area contributed by atoms with Crippen molar-refractivity contribution in [3.63, 3.8) is 0 Å². The first-order valence-corrected chi connectivity index (χ1v) is 9.48. The molecule has 2 aromatic heterocycles. The fourth-order valence-electron chi connectivity index (χ4n) is 3.27. The van der Waals surface area contributed by atoms with Crippen molar-refractivity contribution in [1.82, 2.24) is 14.8 Å². The van der Waals surface area contributed by atoms with E-state index in [9.17, 15) is 4.79 Å². The summed E-state index contributed by atoms with van der Waals surface area (Å²) in [5.41, 5.74) is 1.85. The molecule has 1 aliphatic heterocycles. The van der Waals surface area contributed by atoms with Crippen LogP contribution in [-0.2, 0) is 0 Å². The van der Waals surface area contributed by atoms with Crippen LogP contribution in [0.3, 0.4) is 0 Å². The second kappa shape index (κ2) is 7.05. The van der Waals surface area contributed by atoms with E-state index in [1.165, 1.54) is 6.39 Å². The molecule has 4 rings (SSSR count). The van der Waals surface area contributed by atoms with Crippen LogP contribution in [0.5, 0.6) is 0 Å². The lowest BCUT2D eigenvalue weighted by Gasteiger charge is -2.20. The van der Waals surface area contributed by atoms with Crippen molar-refractivity contribution in [2.24, 2.45) is 0 Å². The first-order valence-electron chi connectivity index (χ1n) is 8.66. The van der Waals surface area contributed by atoms with Gasteiger partial charge in [-0.15, -0.1) is 11.3 Å². The quantitative estimate of drug-likeness (QED) is 0.703. The molecule has 3 heterocycles. The second-order valence-electron chi connectivity index (χ2n) is 6.76. The van der Waals surface area contributed by atoms with Gasteiger partial charge in [0, 0.05) is 29.6 Å². The number of rotatable bonds is 4. The highest BCUT2D eigenvalue weighted by atomic mass is 32.1. The maximum Gasteiger partial charge on any atom is 0.253 e. The number of likely N-dealkylation sites (N-methyl/N-ethyl adjacent to an activating group) is 1. The second-order valence-corrected chi connectivity index (χ2v) is 7.85. The number of hydrogen-bond acceptors (Lipinski definition) is 5. The van der Waals surface area contributed by atoms with Gasteiger partial charge in [-0.1, -0.05) is 12.1 Å². The lowest BCUT2D eigenvalue weighted by atomic mass is 10.1. The van der Waals surface area contributed by atoms with Crippen LogP contribution < -0.4 is 0 Å². The molecule has 0 saturated carbocycles. The third-order valence-electron chi connectivity index (χ3n) is 4.88. The zero-order chi connectivity index (χ0) is 18.1. The van der Waals surface area contributed by atoms with Crippen molar-refractivity contribution in [2.45, 2.75) is 12.5 Å². The van der Waals surface area contributed by atoms with Crippen molar-refractivity contribution in [3.8, 4) is 21.1 Å². The van der Waals surface area contributed by atoms with Gasteiger partial charge in [0.05, 0.1) is 11.1 Å². The van der Waals surface area contributed by atoms with Crippen molar-refractivity contribution < 1.29 is 9.21 Å². The van der Waals surface area contributed by atoms with E-state index in [1.54, 1.807) is 17.5 Å². The number of benzene rings is 1. The molecule has 3 aromatic rings. The molecule has 0 N–H and O–H groups in total. The van der Waals surface area contributed by atoms with E-state index >= 15 is 0 Å². The average molecular weight is 367 g/mol. The molecule has 1 unspecified atom stereocenters. The number of carbonyl (C=O) groups excluding carboxylic acids is 1. The van der Waals surface area contributed by atoms with E-state index in [0.29, 0.717) is 6.04 Å². The number of nitrogens with zero attached hydrogens (tertiary/aromatic N) is 3. The molecule has 0 spiro atoms. The summed E-state index contributed by atoms with van der Waals surface area (Å²) in [6.45, 7) is 1.63. The van der Waals surface area contributed by atoms with E-state index in [1.807, 2.05) is 35.2 Å². The number of likely N-dealkylation sites (tertiary alicyclic amines) is 1. The number of thiophene rings is 1. The fraction of sp³-hybridized carbons (Fsp3) is 0.300. The molecule has 1 saturated heterocycles. The van der Waals surface area contributed by atoms with Crippen LogP contribution in [0.2, 0.25) is 0 Å². The predicted octanol–water partition coefficient (Wildman–Crippen LogP) is 3.85. The lowest BCUT2D eigenvalue weighted by Crippen LogP contribution is -2.34. The van der Waals surface area contributed by atoms with E-state index < -0.39 is 0 Å². The van der Waals surface area contributed by atoms with Crippen LogP contribution in [-0.4, -0.2) is 53.9 Å². The van der Waals surface area contributed by atoms with Gasteiger partial charge in [-0.3, -0.25) is 4.79 Å². The highest BCUT2D eigenvalue weighted by Crippen LogP contribution is 2.34. The van der Waals surface area contributed by atoms with Gasteiger partial charge in [-0.25, -0.2) is 4.98 Å². The molecule has 0 radical (unpaired) electrons. The molecule has 1 aromatic carbocycles. The van der Waals surface area contributed by atoms with Crippen molar-refractivity contribution >= 4 is 17.2 Å². The van der Waals surface area contributed by atoms with Gasteiger partial charge in [0.1, 0.15) is 0 Å². The van der Waals surface area contributed by atoms with Crippen molar-refractivity contribution in [2.75, 3.05) is 27.2 Å². The molecule has 1 atom stereocenters. The first kappa shape index (κ1) is 17.0. The summed E-state index contributed by atoms with van der Waals surface area (Å²) in [4.78, 5) is 23.0. The molecular weight excluding hydrogens is 346 g/mol. The predicted molar refractivity (Wildman–Crippen MR) is 103 cm³/mol. The number of oxazole rings is 1. The topological polar surface area (TPSA) is 49.6 Å². The molecule has 6 heteroatoms. The Labute approximate surface area is 156 Å². The Morgan fingerprint density at radius 1 is 1.19 bits per heavy atom. The van der Waals surface area contributed by atoms with Crippen LogP contribution in [0.15, 0.2) is 53.4 Å². The highest BCUT2D eigenvalue weighted by molar-refractivity contribution is 7.18. The van der Waals surface area contributed by atoms with Gasteiger partial charge in [-0.2, -0.15) is 0 Å². The maximum absolute atomic E-state index is 12.7. The largest absolute Gasteiger partial charge is 0.443 e. The van der Waals surface area contributed by atoms with Crippen molar-refractivity contribution in [1.29, 1.82) is 0 Å². The Kier molecular flexibility index (Phi) is 4.61. The van der Waals surface area contributed by atoms with E-state index in [0.717, 1.165) is 46.2 Å². The molecule has 1 aliphatic rings. The van der Waals surface area contributed by atoms with E-state index in [4.69, 9.17) is 4.42 Å². The average Bonchev–Trinajstić information content (AvgIpc) is 3.42. The van der Waals surface area contributed by atoms with Crippen LogP contribution in [0, 0.1) is 0 Å². The monoisotopic (exact) mass is 367 g/mol. The Morgan fingerprint density at radius 2 is 1.96 bits per heavy atom. The molecule has 1 amide bonds. The minimum atomic E-state index is 0.120. The van der Waals surface area contributed by atoms with Crippen LogP contribution in [0.4, 0.5) is 0 Å². The van der Waals surface area contributed by atoms with Gasteiger partial charge in [0.2, 0.25) is 0 Å². The molecule has 5 nitrogen and oxygen atoms in total. The Morgan fingerprint density at radius 3 is 2.62 bits per heavy atom. The molecule has 0 bridgehead atoms. The molecule has 0 aliphatic carbocycles. The Balaban J connectivity index is 1.48. The van der Waals surface area contributed by atoms with Gasteiger partial charge >= 0.3 is 0 Å². The summed E-state index contributed by atoms with van der Waals surface area (Å²) in [6, 6.07) is 12.4. The fourth-order valence-corrected chi connectivity index (χ4v) is 4.23. The molecular formula is C20H21N3O2S. The van der Waals surface area contributed by atoms with Gasteiger partial charge in [0.15, 0.2) is 12.2 Å². The van der Waals surface area contributed by atoms with E-state index in [2.05, 4.69) is 30.0 Å². The number of amides is 1. The third-order valence-corrected chi connectivity index (χ3v) is 6.03. The summed E-state index contributed by atoms with van der Waals surface area (Å²) in [7, 11) is 4.14. The van der Waals surface area contributed by atoms with Crippen molar-refractivity contribution in [3.05, 3.63) is 54.6 Å². The van der Waals surface area contributed by atoms with Crippen LogP contribution in [0.25, 0.3) is 21.1 Å². The lowest BCUT2D eigenvalue weighted by molar-refractivity contribution is 0.0783. The highest BCUT2D eigenvalue weighted by Gasteiger charge is 2.27. The minimum Gasteiger partial charge on any atom is -0.443 e. The standard InChI is InChI=1S/C20H21N3O2S/c1-22(2)16-9-10-23(12-16)20(24)15-5-3-14(4-6-15)18-7-8-19(26-18)17-11-21-13-25-17/h3-8,11,13,16H,9-10,12H2,1-2H3. The summed E-state index contributed by atoms with van der Waals surface area (Å²) in [5, 5.41) is 0. The zero-order valence-electron chi connectivity index (χ0n) is 14.9. The number of carbonyl (C=O) groups is 1. The molecule has 1 fully saturated rings. The van der Waals surface area contributed by atoms with Crippen LogP contribution >= 0.6 is 11.3 Å².